The molecule has 1 heterocycles. The zero-order valence-corrected chi connectivity index (χ0v) is 6.25. The average molecular weight is 183 g/mol. The number of halogens is 2. The highest BCUT2D eigenvalue weighted by Gasteiger charge is 2.15. The maximum Gasteiger partial charge on any atom is 0.172 e. The molecule has 66 valence electrons. The normalized spacial score (nSPS) is 10.6. The molecule has 5 heteroatoms. The van der Waals surface area contributed by atoms with Crippen LogP contribution in [0.2, 0.25) is 0 Å². The molecule has 0 amide bonds. The second-order valence-corrected chi connectivity index (χ2v) is 2.44. The van der Waals surface area contributed by atoms with Gasteiger partial charge in [-0.1, -0.05) is 5.16 Å². The summed E-state index contributed by atoms with van der Waals surface area (Å²) in [4.78, 5) is 10.3. The molecule has 0 saturated carbocycles. The van der Waals surface area contributed by atoms with Crippen molar-refractivity contribution in [2.24, 2.45) is 0 Å². The zero-order chi connectivity index (χ0) is 9.42. The maximum absolute atomic E-state index is 13.2. The monoisotopic (exact) mass is 183 g/mol. The van der Waals surface area contributed by atoms with Crippen molar-refractivity contribution in [2.45, 2.75) is 0 Å². The first-order valence-electron chi connectivity index (χ1n) is 3.41. The summed E-state index contributed by atoms with van der Waals surface area (Å²) in [7, 11) is 0. The van der Waals surface area contributed by atoms with Crippen LogP contribution >= 0.6 is 0 Å². The van der Waals surface area contributed by atoms with Gasteiger partial charge in [0.15, 0.2) is 11.9 Å². The minimum absolute atomic E-state index is 0.00324. The molecule has 0 aliphatic heterocycles. The third-order valence-electron chi connectivity index (χ3n) is 1.70. The van der Waals surface area contributed by atoms with Crippen LogP contribution in [0.1, 0.15) is 10.4 Å². The van der Waals surface area contributed by atoms with E-state index in [4.69, 9.17) is 0 Å². The molecule has 0 N–H and O–H groups in total. The van der Waals surface area contributed by atoms with Crippen LogP contribution in [-0.2, 0) is 0 Å². The largest absolute Gasteiger partial charge is 0.356 e. The van der Waals surface area contributed by atoms with Gasteiger partial charge in [0.2, 0.25) is 0 Å². The number of benzene rings is 1. The smallest absolute Gasteiger partial charge is 0.172 e. The highest BCUT2D eigenvalue weighted by molar-refractivity contribution is 5.86. The van der Waals surface area contributed by atoms with Crippen molar-refractivity contribution >= 4 is 17.3 Å². The van der Waals surface area contributed by atoms with Crippen LogP contribution in [0.5, 0.6) is 0 Å². The molecule has 0 aliphatic carbocycles. The molecule has 3 nitrogen and oxygen atoms in total. The first kappa shape index (κ1) is 7.85. The first-order valence-corrected chi connectivity index (χ1v) is 3.41. The predicted molar refractivity (Wildman–Crippen MR) is 39.3 cm³/mol. The van der Waals surface area contributed by atoms with E-state index in [1.165, 1.54) is 0 Å². The predicted octanol–water partition coefficient (Wildman–Crippen LogP) is 1.92. The van der Waals surface area contributed by atoms with E-state index >= 15 is 0 Å². The summed E-state index contributed by atoms with van der Waals surface area (Å²) in [5, 5.41) is 3.28. The van der Waals surface area contributed by atoms with Gasteiger partial charge in [0.1, 0.15) is 11.6 Å². The Kier molecular flexibility index (Phi) is 1.58. The van der Waals surface area contributed by atoms with Crippen molar-refractivity contribution in [2.75, 3.05) is 0 Å². The molecule has 0 radical (unpaired) electrons. The van der Waals surface area contributed by atoms with E-state index in [0.29, 0.717) is 0 Å². The Labute approximate surface area is 70.9 Å². The van der Waals surface area contributed by atoms with E-state index in [0.717, 1.165) is 12.3 Å². The van der Waals surface area contributed by atoms with E-state index in [9.17, 15) is 13.6 Å². The van der Waals surface area contributed by atoms with Gasteiger partial charge in [0.25, 0.3) is 0 Å². The second kappa shape index (κ2) is 2.62. The number of carbonyl (C=O) groups is 1. The topological polar surface area (TPSA) is 43.1 Å². The van der Waals surface area contributed by atoms with Gasteiger partial charge in [-0.3, -0.25) is 4.79 Å². The molecule has 13 heavy (non-hydrogen) atoms. The second-order valence-electron chi connectivity index (χ2n) is 2.44. The van der Waals surface area contributed by atoms with Gasteiger partial charge in [-0.2, -0.15) is 0 Å². The van der Waals surface area contributed by atoms with Crippen molar-refractivity contribution in [1.82, 2.24) is 5.16 Å². The molecule has 0 spiro atoms. The molecule has 0 fully saturated rings. The molecule has 2 aromatic rings. The SMILES string of the molecule is O=Cc1c(F)cc2oncc2c1F. The Hall–Kier alpha value is -1.78. The minimum atomic E-state index is -0.947. The number of fused-ring (bicyclic) bond motifs is 1. The fraction of sp³-hybridized carbons (Fsp3) is 0. The number of carbonyl (C=O) groups excluding carboxylic acids is 1. The number of hydrogen-bond acceptors (Lipinski definition) is 3. The zero-order valence-electron chi connectivity index (χ0n) is 6.25. The van der Waals surface area contributed by atoms with Crippen LogP contribution in [0.15, 0.2) is 16.8 Å². The first-order chi connectivity index (χ1) is 6.24. The van der Waals surface area contributed by atoms with Crippen LogP contribution in [0, 0.1) is 11.6 Å². The average Bonchev–Trinajstić information content (AvgIpc) is 2.53. The molecule has 2 rings (SSSR count). The molecule has 0 atom stereocenters. The molecular formula is C8H3F2NO2. The number of aldehydes is 1. The number of hydrogen-bond donors (Lipinski definition) is 0. The van der Waals surface area contributed by atoms with Crippen LogP contribution in [0.4, 0.5) is 8.78 Å². The molecule has 1 aromatic heterocycles. The molecule has 0 saturated heterocycles. The van der Waals surface area contributed by atoms with Gasteiger partial charge in [-0.15, -0.1) is 0 Å². The lowest BCUT2D eigenvalue weighted by Gasteiger charge is -1.95. The highest BCUT2D eigenvalue weighted by atomic mass is 19.1. The van der Waals surface area contributed by atoms with Gasteiger partial charge < -0.3 is 4.52 Å². The van der Waals surface area contributed by atoms with Crippen molar-refractivity contribution in [3.8, 4) is 0 Å². The summed E-state index contributed by atoms with van der Waals surface area (Å²) in [6.07, 6.45) is 1.22. The van der Waals surface area contributed by atoms with Crippen LogP contribution in [-0.4, -0.2) is 11.4 Å². The van der Waals surface area contributed by atoms with Gasteiger partial charge in [0, 0.05) is 6.07 Å². The van der Waals surface area contributed by atoms with Crippen molar-refractivity contribution in [3.63, 3.8) is 0 Å². The van der Waals surface area contributed by atoms with Gasteiger partial charge in [0.05, 0.1) is 17.1 Å². The summed E-state index contributed by atoms with van der Waals surface area (Å²) in [5.74, 6) is -1.89. The third kappa shape index (κ3) is 1.00. The number of nitrogens with zero attached hydrogens (tertiary/aromatic N) is 1. The quantitative estimate of drug-likeness (QED) is 0.634. The standard InChI is InChI=1S/C8H3F2NO2/c9-6-1-7-4(2-11-13-7)8(10)5(6)3-12/h1-3H. The molecule has 1 aromatic carbocycles. The maximum atomic E-state index is 13.2. The third-order valence-corrected chi connectivity index (χ3v) is 1.70. The summed E-state index contributed by atoms with van der Waals surface area (Å²) in [6.45, 7) is 0. The Bertz CT molecular complexity index is 478. The summed E-state index contributed by atoms with van der Waals surface area (Å²) in [6, 6.07) is 0.926. The van der Waals surface area contributed by atoms with Crippen molar-refractivity contribution in [1.29, 1.82) is 0 Å². The van der Waals surface area contributed by atoms with E-state index in [2.05, 4.69) is 9.68 Å². The van der Waals surface area contributed by atoms with E-state index in [1.807, 2.05) is 0 Å². The molecule has 0 aliphatic rings. The fourth-order valence-electron chi connectivity index (χ4n) is 1.07. The summed E-state index contributed by atoms with van der Waals surface area (Å²) >= 11 is 0. The molecule has 0 bridgehead atoms. The van der Waals surface area contributed by atoms with Crippen LogP contribution in [0.25, 0.3) is 11.0 Å². The Balaban J connectivity index is 2.92. The van der Waals surface area contributed by atoms with Crippen molar-refractivity contribution in [3.05, 3.63) is 29.5 Å². The van der Waals surface area contributed by atoms with E-state index < -0.39 is 17.2 Å². The Morgan fingerprint density at radius 1 is 1.46 bits per heavy atom. The van der Waals surface area contributed by atoms with Gasteiger partial charge >= 0.3 is 0 Å². The fourth-order valence-corrected chi connectivity index (χ4v) is 1.07. The molecule has 0 unspecified atom stereocenters. The lowest BCUT2D eigenvalue weighted by Crippen LogP contribution is -1.93. The Morgan fingerprint density at radius 3 is 2.92 bits per heavy atom. The van der Waals surface area contributed by atoms with Crippen molar-refractivity contribution < 1.29 is 18.1 Å². The van der Waals surface area contributed by atoms with Gasteiger partial charge in [-0.25, -0.2) is 8.78 Å². The highest BCUT2D eigenvalue weighted by Crippen LogP contribution is 2.22. The summed E-state index contributed by atoms with van der Waals surface area (Å²) in [5.41, 5.74) is -0.615. The number of rotatable bonds is 1. The lowest BCUT2D eigenvalue weighted by molar-refractivity contribution is 0.111. The van der Waals surface area contributed by atoms with Crippen LogP contribution < -0.4 is 0 Å². The van der Waals surface area contributed by atoms with E-state index in [-0.39, 0.29) is 17.3 Å². The van der Waals surface area contributed by atoms with Gasteiger partial charge in [-0.05, 0) is 0 Å². The summed E-state index contributed by atoms with van der Waals surface area (Å²) < 4.78 is 30.6. The Morgan fingerprint density at radius 2 is 2.23 bits per heavy atom. The lowest BCUT2D eigenvalue weighted by atomic mass is 10.1. The van der Waals surface area contributed by atoms with Crippen LogP contribution in [0.3, 0.4) is 0 Å². The number of aromatic nitrogens is 1. The minimum Gasteiger partial charge on any atom is -0.356 e. The van der Waals surface area contributed by atoms with E-state index in [1.54, 1.807) is 0 Å². The molecular weight excluding hydrogens is 180 g/mol.